The Morgan fingerprint density at radius 1 is 0.907 bits per heavy atom. The quantitative estimate of drug-likeness (QED) is 0.160. The van der Waals surface area contributed by atoms with E-state index in [4.69, 9.17) is 0 Å². The summed E-state index contributed by atoms with van der Waals surface area (Å²) >= 11 is 0. The average molecular weight is 598 g/mol. The minimum absolute atomic E-state index is 0.0415. The van der Waals surface area contributed by atoms with E-state index in [1.165, 1.54) is 35.2 Å². The number of carbonyl (C=O) groups excluding carboxylic acids is 2. The number of fused-ring (bicyclic) bond motifs is 1. The zero-order chi connectivity index (χ0) is 30.7. The van der Waals surface area contributed by atoms with Gasteiger partial charge in [-0.15, -0.1) is 0 Å². The van der Waals surface area contributed by atoms with Crippen molar-refractivity contribution in [2.24, 2.45) is 0 Å². The Morgan fingerprint density at radius 3 is 2.14 bits per heavy atom. The maximum atomic E-state index is 13.6. The van der Waals surface area contributed by atoms with Gasteiger partial charge < -0.3 is 15.5 Å². The predicted octanol–water partition coefficient (Wildman–Crippen LogP) is 4.81. The third kappa shape index (κ3) is 5.95. The molecule has 218 valence electrons. The third-order valence-corrected chi connectivity index (χ3v) is 8.59. The first-order valence-electron chi connectivity index (χ1n) is 13.1. The predicted molar refractivity (Wildman–Crippen MR) is 165 cm³/mol. The first kappa shape index (κ1) is 29.0. The number of carbonyl (C=O) groups is 2. The fraction of sp³-hybridized carbons (Fsp3) is 0.0968. The number of likely N-dealkylation sites (N-methyl/N-ethyl adjacent to an activating group) is 1. The van der Waals surface area contributed by atoms with Gasteiger partial charge in [0.2, 0.25) is 5.91 Å². The summed E-state index contributed by atoms with van der Waals surface area (Å²) in [4.78, 5) is 38.1. The molecule has 5 rings (SSSR count). The Bertz CT molecular complexity index is 1840. The molecule has 2 amide bonds. The maximum absolute atomic E-state index is 13.6. The van der Waals surface area contributed by atoms with Crippen LogP contribution >= 0.6 is 0 Å². The molecule has 0 unspecified atom stereocenters. The lowest BCUT2D eigenvalue weighted by Crippen LogP contribution is -2.40. The molecule has 1 heterocycles. The van der Waals surface area contributed by atoms with Gasteiger partial charge >= 0.3 is 0 Å². The molecule has 0 bridgehead atoms. The van der Waals surface area contributed by atoms with Crippen LogP contribution in [0.15, 0.2) is 108 Å². The summed E-state index contributed by atoms with van der Waals surface area (Å²) in [7, 11) is -0.981. The second kappa shape index (κ2) is 11.8. The van der Waals surface area contributed by atoms with E-state index in [0.717, 1.165) is 4.31 Å². The van der Waals surface area contributed by atoms with E-state index in [-0.39, 0.29) is 21.8 Å². The molecule has 0 aliphatic carbocycles. The van der Waals surface area contributed by atoms with E-state index in [9.17, 15) is 28.1 Å². The smallest absolute Gasteiger partial charge is 0.270 e. The standard InChI is InChI=1S/C31H27N5O6S/c1-34(2)28(37)20-35(43(41,42)25-11-7-4-8-12-25)23-15-13-22(14-16-23)32-30(21-9-5-3-6-10-21)29-26-19-24(36(39)40)17-18-27(26)33-31(29)38/h3-19,32H,20H2,1-2H3,(H,33,38). The van der Waals surface area contributed by atoms with Crippen molar-refractivity contribution in [3.63, 3.8) is 0 Å². The van der Waals surface area contributed by atoms with Crippen LogP contribution in [-0.2, 0) is 19.6 Å². The minimum Gasteiger partial charge on any atom is -0.354 e. The lowest BCUT2D eigenvalue weighted by atomic mass is 9.99. The van der Waals surface area contributed by atoms with Crippen molar-refractivity contribution < 1.29 is 22.9 Å². The Hall–Kier alpha value is -5.49. The van der Waals surface area contributed by atoms with Crippen LogP contribution in [0.3, 0.4) is 0 Å². The molecule has 0 saturated carbocycles. The summed E-state index contributed by atoms with van der Waals surface area (Å²) in [5, 5.41) is 17.5. The van der Waals surface area contributed by atoms with Crippen molar-refractivity contribution in [2.75, 3.05) is 35.6 Å². The molecule has 0 atom stereocenters. The molecule has 4 aromatic rings. The van der Waals surface area contributed by atoms with Crippen LogP contribution in [0, 0.1) is 10.1 Å². The second-order valence-corrected chi connectivity index (χ2v) is 11.7. The Morgan fingerprint density at radius 2 is 1.53 bits per heavy atom. The number of nitro groups is 1. The number of non-ortho nitro benzene ring substituents is 1. The number of nitro benzene ring substituents is 1. The maximum Gasteiger partial charge on any atom is 0.270 e. The van der Waals surface area contributed by atoms with Crippen molar-refractivity contribution in [2.45, 2.75) is 4.90 Å². The van der Waals surface area contributed by atoms with Crippen molar-refractivity contribution in [3.05, 3.63) is 124 Å². The number of benzene rings is 4. The molecular formula is C31H27N5O6S. The number of nitrogens with one attached hydrogen (secondary N) is 2. The zero-order valence-corrected chi connectivity index (χ0v) is 24.0. The van der Waals surface area contributed by atoms with Gasteiger partial charge in [-0.1, -0.05) is 48.5 Å². The summed E-state index contributed by atoms with van der Waals surface area (Å²) in [6.45, 7) is -0.411. The van der Waals surface area contributed by atoms with Crippen molar-refractivity contribution >= 4 is 55.9 Å². The van der Waals surface area contributed by atoms with Gasteiger partial charge in [0.05, 0.1) is 26.8 Å². The van der Waals surface area contributed by atoms with Gasteiger partial charge in [0, 0.05) is 43.2 Å². The Balaban J connectivity index is 1.56. The molecule has 12 heteroatoms. The molecule has 0 fully saturated rings. The van der Waals surface area contributed by atoms with Gasteiger partial charge in [-0.3, -0.25) is 24.0 Å². The molecular weight excluding hydrogens is 570 g/mol. The fourth-order valence-electron chi connectivity index (χ4n) is 4.56. The van der Waals surface area contributed by atoms with Crippen LogP contribution in [0.2, 0.25) is 0 Å². The van der Waals surface area contributed by atoms with E-state index in [0.29, 0.717) is 28.2 Å². The van der Waals surface area contributed by atoms with E-state index < -0.39 is 33.3 Å². The molecule has 2 N–H and O–H groups in total. The normalized spacial score (nSPS) is 13.5. The van der Waals surface area contributed by atoms with Gasteiger partial charge in [-0.25, -0.2) is 8.42 Å². The molecule has 43 heavy (non-hydrogen) atoms. The Kier molecular flexibility index (Phi) is 7.95. The summed E-state index contributed by atoms with van der Waals surface area (Å²) in [6.07, 6.45) is 0. The van der Waals surface area contributed by atoms with Crippen molar-refractivity contribution in [3.8, 4) is 0 Å². The molecule has 11 nitrogen and oxygen atoms in total. The van der Waals surface area contributed by atoms with E-state index in [1.807, 2.05) is 6.07 Å². The first-order chi connectivity index (χ1) is 20.6. The van der Waals surface area contributed by atoms with Crippen LogP contribution in [0.25, 0.3) is 11.3 Å². The van der Waals surface area contributed by atoms with Gasteiger partial charge in [0.1, 0.15) is 6.54 Å². The topological polar surface area (TPSA) is 142 Å². The lowest BCUT2D eigenvalue weighted by Gasteiger charge is -2.25. The molecule has 4 aromatic carbocycles. The Labute approximate surface area is 248 Å². The summed E-state index contributed by atoms with van der Waals surface area (Å²) in [5.41, 5.74) is 2.72. The highest BCUT2D eigenvalue weighted by molar-refractivity contribution is 7.92. The monoisotopic (exact) mass is 597 g/mol. The summed E-state index contributed by atoms with van der Waals surface area (Å²) < 4.78 is 28.2. The van der Waals surface area contributed by atoms with E-state index >= 15 is 0 Å². The second-order valence-electron chi connectivity index (χ2n) is 9.84. The van der Waals surface area contributed by atoms with Crippen LogP contribution in [0.5, 0.6) is 0 Å². The third-order valence-electron chi connectivity index (χ3n) is 6.80. The number of amides is 2. The SMILES string of the molecule is CN(C)C(=O)CN(c1ccc(NC(=C2C(=O)Nc3ccc([N+](=O)[O-])cc32)c2ccccc2)cc1)S(=O)(=O)c1ccccc1. The molecule has 0 spiro atoms. The van der Waals surface area contributed by atoms with Gasteiger partial charge in [-0.05, 0) is 48.0 Å². The summed E-state index contributed by atoms with van der Waals surface area (Å²) in [6, 6.07) is 27.4. The minimum atomic E-state index is -4.08. The van der Waals surface area contributed by atoms with Crippen LogP contribution in [-0.4, -0.2) is 50.7 Å². The highest BCUT2D eigenvalue weighted by atomic mass is 32.2. The van der Waals surface area contributed by atoms with Crippen molar-refractivity contribution in [1.29, 1.82) is 0 Å². The van der Waals surface area contributed by atoms with Crippen LogP contribution in [0.4, 0.5) is 22.7 Å². The first-order valence-corrected chi connectivity index (χ1v) is 14.5. The molecule has 1 aliphatic rings. The van der Waals surface area contributed by atoms with Crippen LogP contribution in [0.1, 0.15) is 11.1 Å². The largest absolute Gasteiger partial charge is 0.354 e. The molecule has 1 aliphatic heterocycles. The highest BCUT2D eigenvalue weighted by Gasteiger charge is 2.31. The number of rotatable bonds is 9. The zero-order valence-electron chi connectivity index (χ0n) is 23.2. The highest BCUT2D eigenvalue weighted by Crippen LogP contribution is 2.39. The van der Waals surface area contributed by atoms with E-state index in [2.05, 4.69) is 10.6 Å². The number of nitrogens with zero attached hydrogens (tertiary/aromatic N) is 3. The van der Waals surface area contributed by atoms with Gasteiger partial charge in [0.15, 0.2) is 0 Å². The molecule has 0 aromatic heterocycles. The number of hydrogen-bond acceptors (Lipinski definition) is 7. The van der Waals surface area contributed by atoms with Gasteiger partial charge in [0.25, 0.3) is 21.6 Å². The average Bonchev–Trinajstić information content (AvgIpc) is 3.34. The number of hydrogen-bond donors (Lipinski definition) is 2. The molecule has 0 radical (unpaired) electrons. The van der Waals surface area contributed by atoms with Gasteiger partial charge in [-0.2, -0.15) is 0 Å². The van der Waals surface area contributed by atoms with E-state index in [1.54, 1.807) is 80.8 Å². The number of sulfonamides is 1. The summed E-state index contributed by atoms with van der Waals surface area (Å²) in [5.74, 6) is -0.835. The lowest BCUT2D eigenvalue weighted by molar-refractivity contribution is -0.384. The van der Waals surface area contributed by atoms with Crippen molar-refractivity contribution in [1.82, 2.24) is 4.90 Å². The fourth-order valence-corrected chi connectivity index (χ4v) is 5.99. The number of anilines is 3. The molecule has 0 saturated heterocycles. The van der Waals surface area contributed by atoms with Crippen LogP contribution < -0.4 is 14.9 Å².